The average Bonchev–Trinajstić information content (AvgIpc) is 2.41. The number of carbonyl (C=O) groups excluding carboxylic acids is 1. The molecule has 0 saturated heterocycles. The number of benzene rings is 2. The molecule has 0 aliphatic carbocycles. The Balaban J connectivity index is 2.46. The van der Waals surface area contributed by atoms with Crippen molar-refractivity contribution in [1.29, 1.82) is 0 Å². The molecule has 0 bridgehead atoms. The lowest BCUT2D eigenvalue weighted by atomic mass is 10.1. The summed E-state index contributed by atoms with van der Waals surface area (Å²) in [7, 11) is 0. The Kier molecular flexibility index (Phi) is 4.02. The fourth-order valence-electron chi connectivity index (χ4n) is 1.96. The summed E-state index contributed by atoms with van der Waals surface area (Å²) in [6, 6.07) is 8.44. The lowest BCUT2D eigenvalue weighted by molar-refractivity contribution is -0.138. The molecule has 2 aromatic rings. The molecular weight excluding hydrogens is 281 g/mol. The molecule has 0 aliphatic heterocycles. The third-order valence-electron chi connectivity index (χ3n) is 3.00. The third-order valence-corrected chi connectivity index (χ3v) is 3.00. The number of ether oxygens (including phenoxy) is 1. The minimum Gasteiger partial charge on any atom is -0.456 e. The molecule has 2 nitrogen and oxygen atoms in total. The SMILES string of the molecule is Cc1ccc(Oc2ccc(C=O)cc2C(F)(F)F)c(C)c1. The standard InChI is InChI=1S/C16H13F3O2/c1-10-3-5-14(11(2)7-10)21-15-6-4-12(9-20)8-13(15)16(17,18)19/h3-9H,1-2H3. The second kappa shape index (κ2) is 5.60. The van der Waals surface area contributed by atoms with Gasteiger partial charge >= 0.3 is 6.18 Å². The number of aryl methyl sites for hydroxylation is 2. The van der Waals surface area contributed by atoms with E-state index in [9.17, 15) is 18.0 Å². The molecule has 0 amide bonds. The zero-order chi connectivity index (χ0) is 15.6. The van der Waals surface area contributed by atoms with Crippen molar-refractivity contribution in [3.05, 3.63) is 58.7 Å². The van der Waals surface area contributed by atoms with Crippen molar-refractivity contribution in [2.24, 2.45) is 0 Å². The number of halogens is 3. The van der Waals surface area contributed by atoms with Crippen molar-refractivity contribution >= 4 is 6.29 Å². The average molecular weight is 294 g/mol. The van der Waals surface area contributed by atoms with Crippen LogP contribution in [0.15, 0.2) is 36.4 Å². The van der Waals surface area contributed by atoms with Crippen molar-refractivity contribution in [1.82, 2.24) is 0 Å². The third kappa shape index (κ3) is 3.42. The summed E-state index contributed by atoms with van der Waals surface area (Å²) in [5, 5.41) is 0. The smallest absolute Gasteiger partial charge is 0.420 e. The molecule has 5 heteroatoms. The first kappa shape index (κ1) is 15.1. The van der Waals surface area contributed by atoms with Crippen LogP contribution in [0.3, 0.4) is 0 Å². The minimum atomic E-state index is -4.59. The molecule has 0 spiro atoms. The lowest BCUT2D eigenvalue weighted by Gasteiger charge is -2.15. The Bertz CT molecular complexity index is 676. The van der Waals surface area contributed by atoms with Gasteiger partial charge in [0.1, 0.15) is 17.8 Å². The molecule has 0 aliphatic rings. The van der Waals surface area contributed by atoms with E-state index in [1.807, 2.05) is 13.0 Å². The molecule has 0 saturated carbocycles. The van der Waals surface area contributed by atoms with Crippen LogP contribution in [-0.4, -0.2) is 6.29 Å². The molecule has 0 radical (unpaired) electrons. The van der Waals surface area contributed by atoms with E-state index in [0.717, 1.165) is 23.3 Å². The Hall–Kier alpha value is -2.30. The molecule has 0 N–H and O–H groups in total. The van der Waals surface area contributed by atoms with Gasteiger partial charge in [0.15, 0.2) is 0 Å². The monoisotopic (exact) mass is 294 g/mol. The van der Waals surface area contributed by atoms with Crippen molar-refractivity contribution in [2.75, 3.05) is 0 Å². The van der Waals surface area contributed by atoms with Crippen molar-refractivity contribution < 1.29 is 22.7 Å². The van der Waals surface area contributed by atoms with Crippen molar-refractivity contribution in [3.63, 3.8) is 0 Å². The van der Waals surface area contributed by atoms with Crippen LogP contribution in [0.1, 0.15) is 27.0 Å². The molecule has 2 rings (SSSR count). The molecule has 110 valence electrons. The summed E-state index contributed by atoms with van der Waals surface area (Å²) in [6.45, 7) is 3.65. The van der Waals surface area contributed by atoms with Crippen LogP contribution >= 0.6 is 0 Å². The van der Waals surface area contributed by atoms with Gasteiger partial charge in [0.25, 0.3) is 0 Å². The van der Waals surface area contributed by atoms with Crippen LogP contribution < -0.4 is 4.74 Å². The van der Waals surface area contributed by atoms with Gasteiger partial charge in [-0.25, -0.2) is 0 Å². The highest BCUT2D eigenvalue weighted by atomic mass is 19.4. The topological polar surface area (TPSA) is 26.3 Å². The zero-order valence-electron chi connectivity index (χ0n) is 11.5. The molecule has 2 aromatic carbocycles. The summed E-state index contributed by atoms with van der Waals surface area (Å²) in [6.07, 6.45) is -4.22. The second-order valence-electron chi connectivity index (χ2n) is 4.74. The Morgan fingerprint density at radius 2 is 1.67 bits per heavy atom. The Morgan fingerprint density at radius 3 is 2.24 bits per heavy atom. The van der Waals surface area contributed by atoms with Crippen LogP contribution in [0.25, 0.3) is 0 Å². The predicted molar refractivity (Wildman–Crippen MR) is 72.8 cm³/mol. The largest absolute Gasteiger partial charge is 0.456 e. The van der Waals surface area contributed by atoms with E-state index < -0.39 is 11.7 Å². The molecular formula is C16H13F3O2. The fraction of sp³-hybridized carbons (Fsp3) is 0.188. The normalized spacial score (nSPS) is 11.3. The van der Waals surface area contributed by atoms with Gasteiger partial charge in [-0.3, -0.25) is 4.79 Å². The van der Waals surface area contributed by atoms with E-state index in [4.69, 9.17) is 4.74 Å². The van der Waals surface area contributed by atoms with E-state index in [0.29, 0.717) is 12.0 Å². The van der Waals surface area contributed by atoms with Gasteiger partial charge in [0.05, 0.1) is 5.56 Å². The van der Waals surface area contributed by atoms with Crippen LogP contribution in [0, 0.1) is 13.8 Å². The van der Waals surface area contributed by atoms with Crippen LogP contribution in [0.4, 0.5) is 13.2 Å². The minimum absolute atomic E-state index is 0.0460. The maximum atomic E-state index is 13.0. The lowest BCUT2D eigenvalue weighted by Crippen LogP contribution is -2.08. The quantitative estimate of drug-likeness (QED) is 0.750. The molecule has 0 heterocycles. The van der Waals surface area contributed by atoms with Gasteiger partial charge < -0.3 is 4.74 Å². The van der Waals surface area contributed by atoms with Gasteiger partial charge in [-0.05, 0) is 43.7 Å². The summed E-state index contributed by atoms with van der Waals surface area (Å²) in [4.78, 5) is 10.6. The van der Waals surface area contributed by atoms with Gasteiger partial charge in [-0.15, -0.1) is 0 Å². The number of hydrogen-bond donors (Lipinski definition) is 0. The maximum absolute atomic E-state index is 13.0. The van der Waals surface area contributed by atoms with Crippen molar-refractivity contribution in [3.8, 4) is 11.5 Å². The predicted octanol–water partition coefficient (Wildman–Crippen LogP) is 4.93. The van der Waals surface area contributed by atoms with E-state index in [1.54, 1.807) is 19.1 Å². The molecule has 21 heavy (non-hydrogen) atoms. The summed E-state index contributed by atoms with van der Waals surface area (Å²) >= 11 is 0. The first-order valence-electron chi connectivity index (χ1n) is 6.23. The van der Waals surface area contributed by atoms with E-state index in [2.05, 4.69) is 0 Å². The summed E-state index contributed by atoms with van der Waals surface area (Å²) in [5.74, 6) is 0.0324. The number of alkyl halides is 3. The highest BCUT2D eigenvalue weighted by Crippen LogP contribution is 2.39. The second-order valence-corrected chi connectivity index (χ2v) is 4.74. The van der Waals surface area contributed by atoms with E-state index in [1.165, 1.54) is 6.07 Å². The Labute approximate surface area is 120 Å². The highest BCUT2D eigenvalue weighted by molar-refractivity contribution is 5.75. The van der Waals surface area contributed by atoms with E-state index in [-0.39, 0.29) is 11.3 Å². The summed E-state index contributed by atoms with van der Waals surface area (Å²) < 4.78 is 44.5. The summed E-state index contributed by atoms with van der Waals surface area (Å²) in [5.41, 5.74) is 0.720. The number of aldehydes is 1. The highest BCUT2D eigenvalue weighted by Gasteiger charge is 2.35. The fourth-order valence-corrected chi connectivity index (χ4v) is 1.96. The number of carbonyl (C=O) groups is 1. The van der Waals surface area contributed by atoms with Gasteiger partial charge in [-0.2, -0.15) is 13.2 Å². The van der Waals surface area contributed by atoms with Gasteiger partial charge in [-0.1, -0.05) is 17.7 Å². The van der Waals surface area contributed by atoms with E-state index >= 15 is 0 Å². The Morgan fingerprint density at radius 1 is 1.00 bits per heavy atom. The van der Waals surface area contributed by atoms with Gasteiger partial charge in [0.2, 0.25) is 0 Å². The zero-order valence-corrected chi connectivity index (χ0v) is 11.5. The molecule has 0 aromatic heterocycles. The molecule has 0 fully saturated rings. The van der Waals surface area contributed by atoms with Crippen molar-refractivity contribution in [2.45, 2.75) is 20.0 Å². The molecule has 0 unspecified atom stereocenters. The number of rotatable bonds is 3. The number of hydrogen-bond acceptors (Lipinski definition) is 2. The van der Waals surface area contributed by atoms with Crippen LogP contribution in [0.5, 0.6) is 11.5 Å². The van der Waals surface area contributed by atoms with Crippen LogP contribution in [-0.2, 0) is 6.18 Å². The van der Waals surface area contributed by atoms with Crippen LogP contribution in [0.2, 0.25) is 0 Å². The van der Waals surface area contributed by atoms with Gasteiger partial charge in [0, 0.05) is 5.56 Å². The maximum Gasteiger partial charge on any atom is 0.420 e. The first-order chi connectivity index (χ1) is 9.81. The molecule has 0 atom stereocenters. The first-order valence-corrected chi connectivity index (χ1v) is 6.23.